The highest BCUT2D eigenvalue weighted by Gasteiger charge is 2.17. The van der Waals surface area contributed by atoms with Gasteiger partial charge in [0.05, 0.1) is 6.61 Å². The lowest BCUT2D eigenvalue weighted by atomic mass is 10.1. The fraction of sp³-hybridized carbons (Fsp3) is 0.286. The Bertz CT molecular complexity index is 684. The van der Waals surface area contributed by atoms with Gasteiger partial charge in [-0.15, -0.1) is 0 Å². The molecule has 1 aliphatic rings. The van der Waals surface area contributed by atoms with Gasteiger partial charge in [-0.1, -0.05) is 39.3 Å². The molecule has 2 aromatic rings. The van der Waals surface area contributed by atoms with Crippen LogP contribution < -0.4 is 10.1 Å². The number of anilines is 1. The summed E-state index contributed by atoms with van der Waals surface area (Å²) in [6.45, 7) is 1.37. The highest BCUT2D eigenvalue weighted by Crippen LogP contribution is 2.33. The van der Waals surface area contributed by atoms with Gasteiger partial charge in [-0.25, -0.2) is 9.97 Å². The molecule has 1 aliphatic heterocycles. The van der Waals surface area contributed by atoms with Crippen molar-refractivity contribution >= 4 is 45.1 Å². The van der Waals surface area contributed by atoms with Crippen LogP contribution in [0.15, 0.2) is 27.8 Å². The molecule has 0 bridgehead atoms. The van der Waals surface area contributed by atoms with Crippen LogP contribution in [0.3, 0.4) is 0 Å². The van der Waals surface area contributed by atoms with E-state index in [2.05, 4.69) is 43.3 Å². The molecule has 0 unspecified atom stereocenters. The zero-order valence-electron chi connectivity index (χ0n) is 11.3. The summed E-state index contributed by atoms with van der Waals surface area (Å²) < 4.78 is 6.78. The molecule has 2 heterocycles. The zero-order chi connectivity index (χ0) is 14.8. The molecule has 0 atom stereocenters. The first-order valence-electron chi connectivity index (χ1n) is 6.42. The molecule has 1 aromatic carbocycles. The van der Waals surface area contributed by atoms with Gasteiger partial charge < -0.3 is 10.1 Å². The van der Waals surface area contributed by atoms with Crippen molar-refractivity contribution in [3.63, 3.8) is 0 Å². The maximum atomic E-state index is 5.99. The van der Waals surface area contributed by atoms with E-state index in [9.17, 15) is 0 Å². The van der Waals surface area contributed by atoms with E-state index in [0.717, 1.165) is 28.8 Å². The van der Waals surface area contributed by atoms with Gasteiger partial charge in [0.15, 0.2) is 5.16 Å². The van der Waals surface area contributed by atoms with Crippen LogP contribution in [0.2, 0.25) is 5.15 Å². The molecule has 0 amide bonds. The van der Waals surface area contributed by atoms with E-state index < -0.39 is 0 Å². The lowest BCUT2D eigenvalue weighted by Gasteiger charge is -2.11. The third-order valence-corrected chi connectivity index (χ3v) is 4.34. The Hall–Kier alpha value is -0.980. The van der Waals surface area contributed by atoms with Crippen molar-refractivity contribution in [3.05, 3.63) is 39.0 Å². The Labute approximate surface area is 140 Å². The summed E-state index contributed by atoms with van der Waals surface area (Å²) in [6.07, 6.45) is 2.88. The number of fused-ring (bicyclic) bond motifs is 1. The van der Waals surface area contributed by atoms with Gasteiger partial charge in [0.25, 0.3) is 0 Å². The molecule has 7 heteroatoms. The molecule has 0 saturated carbocycles. The van der Waals surface area contributed by atoms with Crippen molar-refractivity contribution in [2.45, 2.75) is 18.1 Å². The summed E-state index contributed by atoms with van der Waals surface area (Å²) in [6, 6.07) is 5.90. The lowest BCUT2D eigenvalue weighted by Crippen LogP contribution is -2.04. The molecule has 110 valence electrons. The first-order valence-corrected chi connectivity index (χ1v) is 8.82. The predicted octanol–water partition coefficient (Wildman–Crippen LogP) is 4.16. The van der Waals surface area contributed by atoms with Crippen LogP contribution in [0.5, 0.6) is 5.75 Å². The van der Waals surface area contributed by atoms with Crippen LogP contribution in [0.25, 0.3) is 0 Å². The molecule has 3 rings (SSSR count). The molecule has 0 spiro atoms. The van der Waals surface area contributed by atoms with Gasteiger partial charge in [-0.05, 0) is 24.0 Å². The van der Waals surface area contributed by atoms with Crippen LogP contribution in [0.1, 0.15) is 11.1 Å². The van der Waals surface area contributed by atoms with Gasteiger partial charge >= 0.3 is 0 Å². The first-order chi connectivity index (χ1) is 10.2. The average molecular weight is 387 g/mol. The molecule has 4 nitrogen and oxygen atoms in total. The molecule has 21 heavy (non-hydrogen) atoms. The fourth-order valence-electron chi connectivity index (χ4n) is 2.24. The molecular formula is C14H13BrClN3OS. The Morgan fingerprint density at radius 2 is 2.24 bits per heavy atom. The zero-order valence-corrected chi connectivity index (χ0v) is 14.5. The minimum Gasteiger partial charge on any atom is -0.493 e. The standard InChI is InChI=1S/C14H13BrClN3OS/c1-21-14-18-11(16)6-12(19-14)17-7-9-5-10(15)4-8-2-3-20-13(8)9/h4-6H,2-3,7H2,1H3,(H,17,18,19). The molecule has 0 fully saturated rings. The minimum atomic E-state index is 0.438. The van der Waals surface area contributed by atoms with Crippen LogP contribution >= 0.6 is 39.3 Å². The van der Waals surface area contributed by atoms with Crippen LogP contribution in [-0.2, 0) is 13.0 Å². The molecule has 0 saturated heterocycles. The lowest BCUT2D eigenvalue weighted by molar-refractivity contribution is 0.354. The van der Waals surface area contributed by atoms with E-state index in [1.54, 1.807) is 6.07 Å². The number of rotatable bonds is 4. The Morgan fingerprint density at radius 1 is 1.38 bits per heavy atom. The SMILES string of the molecule is CSc1nc(Cl)cc(NCc2cc(Br)cc3c2OCC3)n1. The summed E-state index contributed by atoms with van der Waals surface area (Å²) in [5.74, 6) is 1.70. The predicted molar refractivity (Wildman–Crippen MR) is 89.5 cm³/mol. The van der Waals surface area contributed by atoms with Crippen molar-refractivity contribution in [1.29, 1.82) is 0 Å². The Balaban J connectivity index is 1.81. The second-order valence-corrected chi connectivity index (χ2v) is 6.64. The van der Waals surface area contributed by atoms with Gasteiger partial charge in [0.2, 0.25) is 0 Å². The number of halogens is 2. The number of thioether (sulfide) groups is 1. The second kappa shape index (κ2) is 6.42. The number of benzene rings is 1. The summed E-state index contributed by atoms with van der Waals surface area (Å²) in [5.41, 5.74) is 2.35. The number of nitrogens with zero attached hydrogens (tertiary/aromatic N) is 2. The van der Waals surface area contributed by atoms with E-state index in [0.29, 0.717) is 22.7 Å². The summed E-state index contributed by atoms with van der Waals surface area (Å²) in [7, 11) is 0. The molecule has 0 radical (unpaired) electrons. The minimum absolute atomic E-state index is 0.438. The maximum Gasteiger partial charge on any atom is 0.190 e. The van der Waals surface area contributed by atoms with Gasteiger partial charge in [0.1, 0.15) is 16.7 Å². The van der Waals surface area contributed by atoms with E-state index in [4.69, 9.17) is 16.3 Å². The highest BCUT2D eigenvalue weighted by atomic mass is 79.9. The van der Waals surface area contributed by atoms with Gasteiger partial charge in [-0.2, -0.15) is 0 Å². The van der Waals surface area contributed by atoms with Crippen LogP contribution in [-0.4, -0.2) is 22.8 Å². The summed E-state index contributed by atoms with van der Waals surface area (Å²) in [4.78, 5) is 8.51. The molecular weight excluding hydrogens is 374 g/mol. The molecule has 1 N–H and O–H groups in total. The van der Waals surface area contributed by atoms with Crippen molar-refractivity contribution in [2.24, 2.45) is 0 Å². The topological polar surface area (TPSA) is 47.0 Å². The summed E-state index contributed by atoms with van der Waals surface area (Å²) >= 11 is 11.0. The van der Waals surface area contributed by atoms with Crippen molar-refractivity contribution < 1.29 is 4.74 Å². The van der Waals surface area contributed by atoms with E-state index in [1.807, 2.05) is 6.26 Å². The van der Waals surface area contributed by atoms with Crippen LogP contribution in [0, 0.1) is 0 Å². The highest BCUT2D eigenvalue weighted by molar-refractivity contribution is 9.10. The smallest absolute Gasteiger partial charge is 0.190 e. The normalized spacial score (nSPS) is 12.9. The molecule has 0 aliphatic carbocycles. The molecule has 1 aromatic heterocycles. The van der Waals surface area contributed by atoms with E-state index >= 15 is 0 Å². The van der Waals surface area contributed by atoms with Crippen molar-refractivity contribution in [1.82, 2.24) is 9.97 Å². The Kier molecular flexibility index (Phi) is 4.57. The number of hydrogen-bond donors (Lipinski definition) is 1. The Morgan fingerprint density at radius 3 is 3.05 bits per heavy atom. The second-order valence-electron chi connectivity index (χ2n) is 4.57. The first kappa shape index (κ1) is 14.9. The van der Waals surface area contributed by atoms with E-state index in [-0.39, 0.29) is 0 Å². The van der Waals surface area contributed by atoms with Gasteiger partial charge in [0, 0.05) is 29.1 Å². The third kappa shape index (κ3) is 3.44. The summed E-state index contributed by atoms with van der Waals surface area (Å²) in [5, 5.41) is 4.37. The van der Waals surface area contributed by atoms with Crippen LogP contribution in [0.4, 0.5) is 5.82 Å². The van der Waals surface area contributed by atoms with E-state index in [1.165, 1.54) is 17.3 Å². The quantitative estimate of drug-likeness (QED) is 0.486. The number of ether oxygens (including phenoxy) is 1. The largest absolute Gasteiger partial charge is 0.493 e. The third-order valence-electron chi connectivity index (χ3n) is 3.14. The fourth-order valence-corrected chi connectivity index (χ4v) is 3.41. The number of hydrogen-bond acceptors (Lipinski definition) is 5. The monoisotopic (exact) mass is 385 g/mol. The average Bonchev–Trinajstić information content (AvgIpc) is 2.92. The van der Waals surface area contributed by atoms with Crippen molar-refractivity contribution in [2.75, 3.05) is 18.2 Å². The van der Waals surface area contributed by atoms with Gasteiger partial charge in [-0.3, -0.25) is 0 Å². The number of aromatic nitrogens is 2. The van der Waals surface area contributed by atoms with Crippen molar-refractivity contribution in [3.8, 4) is 5.75 Å². The number of nitrogens with one attached hydrogen (secondary N) is 1. The maximum absolute atomic E-state index is 5.99.